The van der Waals surface area contributed by atoms with Gasteiger partial charge in [-0.15, -0.1) is 0 Å². The number of hydrogen-bond donors (Lipinski definition) is 1. The molecule has 0 saturated carbocycles. The first kappa shape index (κ1) is 14.9. The molecule has 0 radical (unpaired) electrons. The fourth-order valence-corrected chi connectivity index (χ4v) is 2.31. The maximum Gasteiger partial charge on any atom is 0.343 e. The van der Waals surface area contributed by atoms with Gasteiger partial charge in [-0.3, -0.25) is 0 Å². The molecule has 2 aromatic rings. The van der Waals surface area contributed by atoms with Crippen molar-refractivity contribution in [1.82, 2.24) is 0 Å². The molecule has 0 saturated heterocycles. The third-order valence-electron chi connectivity index (χ3n) is 3.59. The van der Waals surface area contributed by atoms with Gasteiger partial charge in [0.1, 0.15) is 5.76 Å². The largest absolute Gasteiger partial charge is 0.504 e. The lowest BCUT2D eigenvalue weighted by molar-refractivity contribution is -0.130. The Morgan fingerprint density at radius 1 is 1.13 bits per heavy atom. The molecule has 2 aromatic carbocycles. The average Bonchev–Trinajstić information content (AvgIpc) is 2.91. The standard InChI is InChI=1S/C19H16O4/c1-12-3-6-14(7-4-12)17-11-15(19(21)23-17)9-13-5-8-16(20)18(10-13)22-2/h3-11,20H,1-2H3/b15-9+. The van der Waals surface area contributed by atoms with Crippen LogP contribution in [-0.4, -0.2) is 18.2 Å². The monoisotopic (exact) mass is 308 g/mol. The summed E-state index contributed by atoms with van der Waals surface area (Å²) in [5.41, 5.74) is 3.20. The Kier molecular flexibility index (Phi) is 3.89. The highest BCUT2D eigenvalue weighted by atomic mass is 16.5. The zero-order valence-corrected chi connectivity index (χ0v) is 12.9. The van der Waals surface area contributed by atoms with Crippen LogP contribution in [0.25, 0.3) is 11.8 Å². The van der Waals surface area contributed by atoms with E-state index in [1.54, 1.807) is 24.3 Å². The minimum atomic E-state index is -0.396. The van der Waals surface area contributed by atoms with Gasteiger partial charge in [0.2, 0.25) is 0 Å². The number of rotatable bonds is 3. The summed E-state index contributed by atoms with van der Waals surface area (Å²) in [7, 11) is 1.48. The van der Waals surface area contributed by atoms with Crippen LogP contribution in [0, 0.1) is 6.92 Å². The van der Waals surface area contributed by atoms with E-state index >= 15 is 0 Å². The maximum absolute atomic E-state index is 12.0. The Morgan fingerprint density at radius 3 is 2.57 bits per heavy atom. The van der Waals surface area contributed by atoms with E-state index in [-0.39, 0.29) is 5.75 Å². The van der Waals surface area contributed by atoms with Gasteiger partial charge in [0, 0.05) is 5.56 Å². The lowest BCUT2D eigenvalue weighted by Crippen LogP contribution is -1.97. The van der Waals surface area contributed by atoms with E-state index in [2.05, 4.69) is 0 Å². The Balaban J connectivity index is 1.93. The van der Waals surface area contributed by atoms with E-state index in [0.29, 0.717) is 17.1 Å². The van der Waals surface area contributed by atoms with Crippen molar-refractivity contribution in [3.8, 4) is 11.5 Å². The summed E-state index contributed by atoms with van der Waals surface area (Å²) >= 11 is 0. The first-order valence-electron chi connectivity index (χ1n) is 7.16. The molecule has 23 heavy (non-hydrogen) atoms. The van der Waals surface area contributed by atoms with Crippen molar-refractivity contribution in [2.24, 2.45) is 0 Å². The summed E-state index contributed by atoms with van der Waals surface area (Å²) in [5.74, 6) is 0.549. The second-order valence-electron chi connectivity index (χ2n) is 5.30. The predicted octanol–water partition coefficient (Wildman–Crippen LogP) is 3.69. The van der Waals surface area contributed by atoms with E-state index in [4.69, 9.17) is 9.47 Å². The smallest absolute Gasteiger partial charge is 0.343 e. The van der Waals surface area contributed by atoms with Gasteiger partial charge in [-0.1, -0.05) is 35.9 Å². The molecule has 1 aliphatic rings. The molecule has 0 spiro atoms. The molecule has 0 aliphatic carbocycles. The molecular weight excluding hydrogens is 292 g/mol. The number of aryl methyl sites for hydroxylation is 1. The third kappa shape index (κ3) is 3.11. The molecule has 0 fully saturated rings. The first-order valence-corrected chi connectivity index (χ1v) is 7.16. The SMILES string of the molecule is COc1cc(/C=C2\C=C(c3ccc(C)cc3)OC2=O)ccc1O. The number of carbonyl (C=O) groups is 1. The number of cyclic esters (lactones) is 1. The quantitative estimate of drug-likeness (QED) is 0.694. The van der Waals surface area contributed by atoms with Crippen molar-refractivity contribution in [1.29, 1.82) is 0 Å². The Bertz CT molecular complexity index is 814. The van der Waals surface area contributed by atoms with Crippen LogP contribution in [-0.2, 0) is 9.53 Å². The lowest BCUT2D eigenvalue weighted by atomic mass is 10.1. The molecule has 116 valence electrons. The molecule has 0 aromatic heterocycles. The number of phenolic OH excluding ortho intramolecular Hbond substituents is 1. The molecule has 4 nitrogen and oxygen atoms in total. The van der Waals surface area contributed by atoms with Crippen molar-refractivity contribution in [3.05, 3.63) is 70.8 Å². The Labute approximate surface area is 134 Å². The van der Waals surface area contributed by atoms with Crippen LogP contribution in [0.4, 0.5) is 0 Å². The van der Waals surface area contributed by atoms with Crippen LogP contribution in [0.1, 0.15) is 16.7 Å². The maximum atomic E-state index is 12.0. The van der Waals surface area contributed by atoms with Crippen molar-refractivity contribution in [2.75, 3.05) is 7.11 Å². The summed E-state index contributed by atoms with van der Waals surface area (Å²) in [6.07, 6.45) is 3.41. The predicted molar refractivity (Wildman–Crippen MR) is 87.9 cm³/mol. The second kappa shape index (κ2) is 6.01. The van der Waals surface area contributed by atoms with Crippen molar-refractivity contribution < 1.29 is 19.4 Å². The summed E-state index contributed by atoms with van der Waals surface area (Å²) in [4.78, 5) is 12.0. The minimum absolute atomic E-state index is 0.0551. The van der Waals surface area contributed by atoms with E-state index in [1.165, 1.54) is 13.2 Å². The number of aromatic hydroxyl groups is 1. The van der Waals surface area contributed by atoms with Crippen LogP contribution in [0.15, 0.2) is 54.1 Å². The number of benzene rings is 2. The van der Waals surface area contributed by atoms with Gasteiger partial charge in [-0.05, 0) is 36.8 Å². The molecule has 1 heterocycles. The summed E-state index contributed by atoms with van der Waals surface area (Å²) in [6.45, 7) is 2.00. The van der Waals surface area contributed by atoms with E-state index < -0.39 is 5.97 Å². The third-order valence-corrected chi connectivity index (χ3v) is 3.59. The van der Waals surface area contributed by atoms with Crippen molar-refractivity contribution in [2.45, 2.75) is 6.92 Å². The topological polar surface area (TPSA) is 55.8 Å². The Morgan fingerprint density at radius 2 is 1.87 bits per heavy atom. The highest BCUT2D eigenvalue weighted by Gasteiger charge is 2.22. The second-order valence-corrected chi connectivity index (χ2v) is 5.30. The number of phenols is 1. The van der Waals surface area contributed by atoms with Crippen LogP contribution in [0.5, 0.6) is 11.5 Å². The zero-order valence-electron chi connectivity index (χ0n) is 12.9. The van der Waals surface area contributed by atoms with Crippen LogP contribution in [0.3, 0.4) is 0 Å². The molecule has 0 atom stereocenters. The zero-order chi connectivity index (χ0) is 16.4. The van der Waals surface area contributed by atoms with E-state index in [1.807, 2.05) is 31.2 Å². The van der Waals surface area contributed by atoms with Gasteiger partial charge in [-0.25, -0.2) is 4.79 Å². The normalized spacial score (nSPS) is 15.5. The van der Waals surface area contributed by atoms with E-state index in [0.717, 1.165) is 16.7 Å². The van der Waals surface area contributed by atoms with Gasteiger partial charge >= 0.3 is 5.97 Å². The van der Waals surface area contributed by atoms with Gasteiger partial charge in [0.25, 0.3) is 0 Å². The molecule has 3 rings (SSSR count). The number of ether oxygens (including phenoxy) is 2. The van der Waals surface area contributed by atoms with Gasteiger partial charge < -0.3 is 14.6 Å². The first-order chi connectivity index (χ1) is 11.1. The van der Waals surface area contributed by atoms with Crippen molar-refractivity contribution in [3.63, 3.8) is 0 Å². The fourth-order valence-electron chi connectivity index (χ4n) is 2.31. The lowest BCUT2D eigenvalue weighted by Gasteiger charge is -2.03. The van der Waals surface area contributed by atoms with Gasteiger partial charge in [-0.2, -0.15) is 0 Å². The Hall–Kier alpha value is -3.01. The van der Waals surface area contributed by atoms with Gasteiger partial charge in [0.05, 0.1) is 12.7 Å². The molecule has 1 N–H and O–H groups in total. The highest BCUT2D eigenvalue weighted by Crippen LogP contribution is 2.30. The molecule has 0 amide bonds. The number of methoxy groups -OCH3 is 1. The fraction of sp³-hybridized carbons (Fsp3) is 0.105. The minimum Gasteiger partial charge on any atom is -0.504 e. The molecule has 1 aliphatic heterocycles. The van der Waals surface area contributed by atoms with Crippen LogP contribution < -0.4 is 4.74 Å². The molecule has 0 unspecified atom stereocenters. The number of esters is 1. The molecular formula is C19H16O4. The molecule has 0 bridgehead atoms. The van der Waals surface area contributed by atoms with Crippen LogP contribution in [0.2, 0.25) is 0 Å². The summed E-state index contributed by atoms with van der Waals surface area (Å²) < 4.78 is 10.4. The van der Waals surface area contributed by atoms with Gasteiger partial charge in [0.15, 0.2) is 11.5 Å². The highest BCUT2D eigenvalue weighted by molar-refractivity contribution is 6.05. The van der Waals surface area contributed by atoms with Crippen molar-refractivity contribution >= 4 is 17.8 Å². The number of hydrogen-bond acceptors (Lipinski definition) is 4. The summed E-state index contributed by atoms with van der Waals surface area (Å²) in [5, 5.41) is 9.61. The number of carbonyl (C=O) groups excluding carboxylic acids is 1. The molecule has 4 heteroatoms. The summed E-state index contributed by atoms with van der Waals surface area (Å²) in [6, 6.07) is 12.7. The van der Waals surface area contributed by atoms with Crippen LogP contribution >= 0.6 is 0 Å². The average molecular weight is 308 g/mol. The van der Waals surface area contributed by atoms with E-state index in [9.17, 15) is 9.90 Å².